The largest absolute Gasteiger partial charge is 0.405 e. The van der Waals surface area contributed by atoms with Crippen molar-refractivity contribution in [3.63, 3.8) is 0 Å². The molecule has 0 aliphatic rings. The average molecular weight is 162 g/mol. The summed E-state index contributed by atoms with van der Waals surface area (Å²) >= 11 is 0. The van der Waals surface area contributed by atoms with Crippen LogP contribution in [0.1, 0.15) is 0 Å². The van der Waals surface area contributed by atoms with Crippen LogP contribution in [-0.4, -0.2) is 0 Å². The van der Waals surface area contributed by atoms with Crippen LogP contribution in [0, 0.1) is 0 Å². The van der Waals surface area contributed by atoms with Crippen LogP contribution in [0.2, 0.25) is 0 Å². The van der Waals surface area contributed by atoms with Crippen molar-refractivity contribution < 1.29 is 0 Å². The molecule has 0 saturated heterocycles. The first-order chi connectivity index (χ1) is 5.91. The molecule has 12 heavy (non-hydrogen) atoms. The maximum Gasteiger partial charge on any atom is -0.00624 e. The molecular weight excluding hydrogens is 148 g/mol. The summed E-state index contributed by atoms with van der Waals surface area (Å²) in [5, 5.41) is 0. The molecule has 0 unspecified atom stereocenters. The first kappa shape index (κ1) is 10.3. The van der Waals surface area contributed by atoms with Crippen LogP contribution in [0.3, 0.4) is 0 Å². The minimum atomic E-state index is 1.48. The van der Waals surface area contributed by atoms with Gasteiger partial charge in [-0.05, 0) is 24.6 Å². The van der Waals surface area contributed by atoms with E-state index >= 15 is 0 Å². The first-order valence-corrected chi connectivity index (χ1v) is 3.67. The van der Waals surface area contributed by atoms with E-state index in [4.69, 9.17) is 11.5 Å². The van der Waals surface area contributed by atoms with Gasteiger partial charge in [-0.25, -0.2) is 0 Å². The van der Waals surface area contributed by atoms with E-state index in [0.717, 1.165) is 0 Å². The van der Waals surface area contributed by atoms with E-state index < -0.39 is 0 Å². The van der Waals surface area contributed by atoms with Gasteiger partial charge in [0.05, 0.1) is 0 Å². The van der Waals surface area contributed by atoms with Gasteiger partial charge < -0.3 is 11.5 Å². The third kappa shape index (κ3) is 8.30. The van der Waals surface area contributed by atoms with Gasteiger partial charge in [0.15, 0.2) is 0 Å². The molecule has 4 N–H and O–H groups in total. The highest BCUT2D eigenvalue weighted by atomic mass is 14.5. The molecule has 0 heterocycles. The van der Waals surface area contributed by atoms with Gasteiger partial charge in [-0.3, -0.25) is 0 Å². The second kappa shape index (κ2) is 9.30. The Hall–Kier alpha value is -1.70. The molecule has 0 aromatic rings. The van der Waals surface area contributed by atoms with E-state index in [1.165, 1.54) is 12.4 Å². The summed E-state index contributed by atoms with van der Waals surface area (Å²) in [6.45, 7) is 0. The van der Waals surface area contributed by atoms with E-state index in [-0.39, 0.29) is 0 Å². The molecule has 0 fully saturated rings. The van der Waals surface area contributed by atoms with Crippen molar-refractivity contribution >= 4 is 0 Å². The summed E-state index contributed by atoms with van der Waals surface area (Å²) in [6.07, 6.45) is 17.8. The van der Waals surface area contributed by atoms with Gasteiger partial charge in [0, 0.05) is 0 Å². The maximum atomic E-state index is 5.12. The number of hydrogen-bond donors (Lipinski definition) is 2. The standard InChI is InChI=1S/C10H14N2/c11-9-7-5-3-1-2-4-6-8-10-12/h1-10H,11-12H2. The first-order valence-electron chi connectivity index (χ1n) is 3.67. The highest BCUT2D eigenvalue weighted by Gasteiger charge is 1.61. The molecule has 0 rings (SSSR count). The molecule has 2 heteroatoms. The van der Waals surface area contributed by atoms with E-state index in [1.54, 1.807) is 12.2 Å². The summed E-state index contributed by atoms with van der Waals surface area (Å²) in [5.74, 6) is 0. The lowest BCUT2D eigenvalue weighted by atomic mass is 10.4. The van der Waals surface area contributed by atoms with Gasteiger partial charge in [0.2, 0.25) is 0 Å². The minimum absolute atomic E-state index is 1.48. The summed E-state index contributed by atoms with van der Waals surface area (Å²) in [7, 11) is 0. The normalized spacial score (nSPS) is 13.7. The van der Waals surface area contributed by atoms with Gasteiger partial charge in [-0.2, -0.15) is 0 Å². The molecule has 0 saturated carbocycles. The van der Waals surface area contributed by atoms with Crippen LogP contribution in [0.4, 0.5) is 0 Å². The predicted molar refractivity (Wildman–Crippen MR) is 54.1 cm³/mol. The lowest BCUT2D eigenvalue weighted by Crippen LogP contribution is -1.72. The molecule has 2 nitrogen and oxygen atoms in total. The van der Waals surface area contributed by atoms with Crippen molar-refractivity contribution in [3.05, 3.63) is 61.0 Å². The van der Waals surface area contributed by atoms with Crippen LogP contribution in [0.25, 0.3) is 0 Å². The molecule has 0 aromatic heterocycles. The molecule has 0 aliphatic heterocycles. The van der Waals surface area contributed by atoms with Crippen molar-refractivity contribution in [2.24, 2.45) is 11.5 Å². The van der Waals surface area contributed by atoms with Crippen LogP contribution >= 0.6 is 0 Å². The molecule has 0 atom stereocenters. The molecule has 0 bridgehead atoms. The molecule has 0 radical (unpaired) electrons. The van der Waals surface area contributed by atoms with Crippen LogP contribution < -0.4 is 11.5 Å². The Morgan fingerprint density at radius 3 is 0.917 bits per heavy atom. The predicted octanol–water partition coefficient (Wildman–Crippen LogP) is 1.60. The quantitative estimate of drug-likeness (QED) is 0.617. The Labute approximate surface area is 73.3 Å². The van der Waals surface area contributed by atoms with E-state index in [2.05, 4.69) is 0 Å². The van der Waals surface area contributed by atoms with Crippen LogP contribution in [-0.2, 0) is 0 Å². The summed E-state index contributed by atoms with van der Waals surface area (Å²) in [5.41, 5.74) is 10.2. The zero-order valence-corrected chi connectivity index (χ0v) is 6.93. The highest BCUT2D eigenvalue weighted by molar-refractivity contribution is 5.17. The van der Waals surface area contributed by atoms with E-state index in [9.17, 15) is 0 Å². The fraction of sp³-hybridized carbons (Fsp3) is 0. The molecule has 64 valence electrons. The van der Waals surface area contributed by atoms with E-state index in [1.807, 2.05) is 36.5 Å². The van der Waals surface area contributed by atoms with Gasteiger partial charge in [-0.15, -0.1) is 0 Å². The van der Waals surface area contributed by atoms with Gasteiger partial charge in [0.1, 0.15) is 0 Å². The SMILES string of the molecule is NC=CC=CC=CC=CC=CN. The Kier molecular flexibility index (Phi) is 7.98. The van der Waals surface area contributed by atoms with Crippen molar-refractivity contribution in [2.45, 2.75) is 0 Å². The number of allylic oxidation sites excluding steroid dienone is 8. The van der Waals surface area contributed by atoms with Gasteiger partial charge in [0.25, 0.3) is 0 Å². The summed E-state index contributed by atoms with van der Waals surface area (Å²) in [6, 6.07) is 0. The minimum Gasteiger partial charge on any atom is -0.405 e. The Morgan fingerprint density at radius 1 is 0.417 bits per heavy atom. The Bertz CT molecular complexity index is 196. The fourth-order valence-electron chi connectivity index (χ4n) is 0.513. The van der Waals surface area contributed by atoms with Gasteiger partial charge in [-0.1, -0.05) is 36.5 Å². The topological polar surface area (TPSA) is 52.0 Å². The number of hydrogen-bond acceptors (Lipinski definition) is 2. The van der Waals surface area contributed by atoms with E-state index in [0.29, 0.717) is 0 Å². The van der Waals surface area contributed by atoms with Crippen molar-refractivity contribution in [2.75, 3.05) is 0 Å². The lowest BCUT2D eigenvalue weighted by molar-refractivity contribution is 1.60. The zero-order chi connectivity index (χ0) is 9.07. The third-order valence-electron chi connectivity index (χ3n) is 1.00. The second-order valence-corrected chi connectivity index (χ2v) is 1.92. The van der Waals surface area contributed by atoms with Crippen LogP contribution in [0.15, 0.2) is 61.0 Å². The summed E-state index contributed by atoms with van der Waals surface area (Å²) in [4.78, 5) is 0. The number of rotatable bonds is 4. The zero-order valence-electron chi connectivity index (χ0n) is 6.93. The molecule has 0 spiro atoms. The third-order valence-corrected chi connectivity index (χ3v) is 1.00. The number of nitrogens with two attached hydrogens (primary N) is 2. The fourth-order valence-corrected chi connectivity index (χ4v) is 0.513. The molecule has 0 aromatic carbocycles. The molecular formula is C10H14N2. The van der Waals surface area contributed by atoms with Crippen molar-refractivity contribution in [1.82, 2.24) is 0 Å². The summed E-state index contributed by atoms with van der Waals surface area (Å²) < 4.78 is 0. The lowest BCUT2D eigenvalue weighted by Gasteiger charge is -1.73. The molecule has 0 aliphatic carbocycles. The monoisotopic (exact) mass is 162 g/mol. The van der Waals surface area contributed by atoms with Crippen molar-refractivity contribution in [1.29, 1.82) is 0 Å². The van der Waals surface area contributed by atoms with Crippen LogP contribution in [0.5, 0.6) is 0 Å². The Balaban J connectivity index is 3.62. The Morgan fingerprint density at radius 2 is 0.667 bits per heavy atom. The van der Waals surface area contributed by atoms with Crippen molar-refractivity contribution in [3.8, 4) is 0 Å². The highest BCUT2D eigenvalue weighted by Crippen LogP contribution is 1.81. The van der Waals surface area contributed by atoms with Gasteiger partial charge >= 0.3 is 0 Å². The smallest absolute Gasteiger partial charge is 0.00624 e. The molecule has 0 amide bonds. The maximum absolute atomic E-state index is 5.12. The second-order valence-electron chi connectivity index (χ2n) is 1.92. The average Bonchev–Trinajstić information content (AvgIpc) is 2.10.